The van der Waals surface area contributed by atoms with Crippen LogP contribution >= 0.6 is 12.2 Å². The summed E-state index contributed by atoms with van der Waals surface area (Å²) in [4.78, 5) is 0.382. The third-order valence-electron chi connectivity index (χ3n) is 3.22. The first-order valence-corrected chi connectivity index (χ1v) is 7.87. The third-order valence-corrected chi connectivity index (χ3v) is 5.52. The molecule has 2 aliphatic rings. The fourth-order valence-corrected chi connectivity index (χ4v) is 4.15. The molecular formula is C10H19N3O2S2. The van der Waals surface area contributed by atoms with E-state index < -0.39 is 10.2 Å². The van der Waals surface area contributed by atoms with E-state index in [0.717, 1.165) is 25.7 Å². The van der Waals surface area contributed by atoms with Crippen molar-refractivity contribution in [3.05, 3.63) is 0 Å². The van der Waals surface area contributed by atoms with E-state index in [1.807, 2.05) is 0 Å². The molecule has 1 saturated heterocycles. The minimum atomic E-state index is -3.28. The fraction of sp³-hybridized carbons (Fsp3) is 0.900. The Morgan fingerprint density at radius 2 is 1.94 bits per heavy atom. The van der Waals surface area contributed by atoms with Gasteiger partial charge in [0.05, 0.1) is 4.99 Å². The van der Waals surface area contributed by atoms with E-state index in [1.54, 1.807) is 8.61 Å². The molecule has 1 aliphatic heterocycles. The molecular weight excluding hydrogens is 258 g/mol. The molecule has 5 nitrogen and oxygen atoms in total. The molecule has 0 aromatic carbocycles. The van der Waals surface area contributed by atoms with Crippen LogP contribution in [0.15, 0.2) is 0 Å². The Hall–Kier alpha value is -0.240. The van der Waals surface area contributed by atoms with E-state index in [-0.39, 0.29) is 6.04 Å². The third kappa shape index (κ3) is 3.15. The highest BCUT2D eigenvalue weighted by Gasteiger charge is 2.40. The Labute approximate surface area is 108 Å². The molecule has 0 aromatic heterocycles. The number of nitrogens with two attached hydrogens (primary N) is 1. The van der Waals surface area contributed by atoms with Crippen molar-refractivity contribution < 1.29 is 8.42 Å². The van der Waals surface area contributed by atoms with Gasteiger partial charge in [-0.25, -0.2) is 0 Å². The Morgan fingerprint density at radius 3 is 2.41 bits per heavy atom. The zero-order valence-corrected chi connectivity index (χ0v) is 11.5. The van der Waals surface area contributed by atoms with Gasteiger partial charge in [-0.2, -0.15) is 17.0 Å². The van der Waals surface area contributed by atoms with E-state index in [1.165, 1.54) is 0 Å². The zero-order valence-electron chi connectivity index (χ0n) is 9.84. The first-order valence-electron chi connectivity index (χ1n) is 6.07. The van der Waals surface area contributed by atoms with Gasteiger partial charge in [-0.05, 0) is 25.7 Å². The second-order valence-electron chi connectivity index (χ2n) is 4.67. The molecule has 17 heavy (non-hydrogen) atoms. The lowest BCUT2D eigenvalue weighted by atomic mass is 10.4. The van der Waals surface area contributed by atoms with E-state index in [2.05, 4.69) is 0 Å². The van der Waals surface area contributed by atoms with Crippen LogP contribution in [-0.2, 0) is 10.2 Å². The SMILES string of the molecule is NC(=S)CCN(C1CC1)S(=O)(=O)N1CCCC1. The largest absolute Gasteiger partial charge is 0.393 e. The van der Waals surface area contributed by atoms with Crippen LogP contribution in [-0.4, -0.2) is 47.7 Å². The summed E-state index contributed by atoms with van der Waals surface area (Å²) in [5, 5.41) is 0. The van der Waals surface area contributed by atoms with Crippen molar-refractivity contribution in [1.29, 1.82) is 0 Å². The van der Waals surface area contributed by atoms with Crippen LogP contribution in [0.25, 0.3) is 0 Å². The summed E-state index contributed by atoms with van der Waals surface area (Å²) < 4.78 is 28.0. The predicted molar refractivity (Wildman–Crippen MR) is 70.9 cm³/mol. The molecule has 0 unspecified atom stereocenters. The zero-order chi connectivity index (χ0) is 12.5. The van der Waals surface area contributed by atoms with Crippen LogP contribution in [0, 0.1) is 0 Å². The van der Waals surface area contributed by atoms with Gasteiger partial charge in [0.15, 0.2) is 0 Å². The monoisotopic (exact) mass is 277 g/mol. The topological polar surface area (TPSA) is 66.6 Å². The lowest BCUT2D eigenvalue weighted by Crippen LogP contribution is -2.44. The Morgan fingerprint density at radius 1 is 1.35 bits per heavy atom. The van der Waals surface area contributed by atoms with Crippen LogP contribution in [0.1, 0.15) is 32.1 Å². The van der Waals surface area contributed by atoms with Crippen LogP contribution < -0.4 is 5.73 Å². The van der Waals surface area contributed by atoms with Crippen LogP contribution in [0.3, 0.4) is 0 Å². The minimum absolute atomic E-state index is 0.176. The lowest BCUT2D eigenvalue weighted by molar-refractivity contribution is 0.359. The van der Waals surface area contributed by atoms with Crippen LogP contribution in [0.4, 0.5) is 0 Å². The van der Waals surface area contributed by atoms with Gasteiger partial charge >= 0.3 is 0 Å². The molecule has 1 heterocycles. The maximum atomic E-state index is 12.4. The highest BCUT2D eigenvalue weighted by molar-refractivity contribution is 7.86. The molecule has 0 spiro atoms. The van der Waals surface area contributed by atoms with Gasteiger partial charge in [-0.15, -0.1) is 0 Å². The van der Waals surface area contributed by atoms with Gasteiger partial charge in [0, 0.05) is 32.1 Å². The molecule has 0 radical (unpaired) electrons. The summed E-state index contributed by atoms with van der Waals surface area (Å²) in [6.07, 6.45) is 4.33. The van der Waals surface area contributed by atoms with Crippen molar-refractivity contribution in [2.75, 3.05) is 19.6 Å². The molecule has 98 valence electrons. The number of nitrogens with zero attached hydrogens (tertiary/aromatic N) is 2. The highest BCUT2D eigenvalue weighted by Crippen LogP contribution is 2.31. The number of rotatable bonds is 6. The van der Waals surface area contributed by atoms with Gasteiger partial charge in [-0.3, -0.25) is 0 Å². The van der Waals surface area contributed by atoms with E-state index in [4.69, 9.17) is 18.0 Å². The van der Waals surface area contributed by atoms with Crippen LogP contribution in [0.5, 0.6) is 0 Å². The van der Waals surface area contributed by atoms with Crippen molar-refractivity contribution in [3.63, 3.8) is 0 Å². The van der Waals surface area contributed by atoms with E-state index in [0.29, 0.717) is 31.0 Å². The van der Waals surface area contributed by atoms with Crippen molar-refractivity contribution in [3.8, 4) is 0 Å². The lowest BCUT2D eigenvalue weighted by Gasteiger charge is -2.27. The molecule has 0 aromatic rings. The summed E-state index contributed by atoms with van der Waals surface area (Å²) >= 11 is 4.82. The summed E-state index contributed by atoms with van der Waals surface area (Å²) in [5.41, 5.74) is 5.45. The molecule has 0 amide bonds. The highest BCUT2D eigenvalue weighted by atomic mass is 32.2. The quantitative estimate of drug-likeness (QED) is 0.717. The molecule has 0 atom stereocenters. The maximum absolute atomic E-state index is 12.4. The Bertz CT molecular complexity index is 386. The van der Waals surface area contributed by atoms with Crippen molar-refractivity contribution >= 4 is 27.4 Å². The second-order valence-corrected chi connectivity index (χ2v) is 7.08. The van der Waals surface area contributed by atoms with Gasteiger partial charge in [0.1, 0.15) is 0 Å². The maximum Gasteiger partial charge on any atom is 0.282 e. The Kier molecular flexibility index (Phi) is 4.02. The standard InChI is InChI=1S/C10H19N3O2S2/c11-10(16)5-8-13(9-3-4-9)17(14,15)12-6-1-2-7-12/h9H,1-8H2,(H2,11,16). The molecule has 1 saturated carbocycles. The fourth-order valence-electron chi connectivity index (χ4n) is 2.14. The minimum Gasteiger partial charge on any atom is -0.393 e. The first-order chi connectivity index (χ1) is 8.01. The molecule has 2 N–H and O–H groups in total. The van der Waals surface area contributed by atoms with Gasteiger partial charge < -0.3 is 5.73 Å². The number of hydrogen-bond acceptors (Lipinski definition) is 3. The Balaban J connectivity index is 2.05. The molecule has 2 rings (SSSR count). The average Bonchev–Trinajstić information content (AvgIpc) is 2.92. The molecule has 7 heteroatoms. The smallest absolute Gasteiger partial charge is 0.282 e. The summed E-state index contributed by atoms with van der Waals surface area (Å²) in [5.74, 6) is 0. The van der Waals surface area contributed by atoms with Gasteiger partial charge in [0.25, 0.3) is 10.2 Å². The van der Waals surface area contributed by atoms with Gasteiger partial charge in [0.2, 0.25) is 0 Å². The molecule has 2 fully saturated rings. The summed E-state index contributed by atoms with van der Waals surface area (Å²) in [6.45, 7) is 1.73. The van der Waals surface area contributed by atoms with E-state index in [9.17, 15) is 8.42 Å². The second kappa shape index (κ2) is 5.17. The van der Waals surface area contributed by atoms with Crippen molar-refractivity contribution in [2.24, 2.45) is 5.73 Å². The van der Waals surface area contributed by atoms with Crippen molar-refractivity contribution in [1.82, 2.24) is 8.61 Å². The number of hydrogen-bond donors (Lipinski definition) is 1. The summed E-state index contributed by atoms with van der Waals surface area (Å²) in [7, 11) is -3.28. The number of thiocarbonyl (C=S) groups is 1. The average molecular weight is 277 g/mol. The first kappa shape index (κ1) is 13.2. The normalized spacial score (nSPS) is 22.2. The van der Waals surface area contributed by atoms with Crippen LogP contribution in [0.2, 0.25) is 0 Å². The summed E-state index contributed by atoms with van der Waals surface area (Å²) in [6, 6.07) is 0.176. The van der Waals surface area contributed by atoms with E-state index >= 15 is 0 Å². The van der Waals surface area contributed by atoms with Crippen molar-refractivity contribution in [2.45, 2.75) is 38.1 Å². The predicted octanol–water partition coefficient (Wildman–Crippen LogP) is 0.468. The molecule has 1 aliphatic carbocycles. The van der Waals surface area contributed by atoms with Gasteiger partial charge in [-0.1, -0.05) is 12.2 Å². The molecule has 0 bridgehead atoms.